The van der Waals surface area contributed by atoms with E-state index in [1.165, 1.54) is 6.07 Å². The van der Waals surface area contributed by atoms with E-state index in [-0.39, 0.29) is 17.4 Å². The average Bonchev–Trinajstić information content (AvgIpc) is 2.37. The highest BCUT2D eigenvalue weighted by atomic mass is 16.6. The van der Waals surface area contributed by atoms with Gasteiger partial charge in [-0.3, -0.25) is 15.0 Å². The predicted molar refractivity (Wildman–Crippen MR) is 74.9 cm³/mol. The number of para-hydroxylation sites is 1. The molecule has 0 saturated carbocycles. The molecule has 1 rings (SSSR count). The fourth-order valence-corrected chi connectivity index (χ4v) is 2.04. The molecule has 0 amide bonds. The number of methoxy groups -OCH3 is 1. The third kappa shape index (κ3) is 3.90. The lowest BCUT2D eigenvalue weighted by Gasteiger charge is -2.27. The molecular formula is C13H21N3O3. The van der Waals surface area contributed by atoms with E-state index < -0.39 is 4.92 Å². The molecule has 6 nitrogen and oxygen atoms in total. The largest absolute Gasteiger partial charge is 0.393 e. The van der Waals surface area contributed by atoms with E-state index in [9.17, 15) is 10.1 Å². The number of nitrogens with zero attached hydrogens (tertiary/aromatic N) is 2. The van der Waals surface area contributed by atoms with E-state index >= 15 is 0 Å². The summed E-state index contributed by atoms with van der Waals surface area (Å²) in [6.07, 6.45) is 0. The van der Waals surface area contributed by atoms with Crippen molar-refractivity contribution in [3.05, 3.63) is 33.9 Å². The van der Waals surface area contributed by atoms with Crippen molar-refractivity contribution in [1.82, 2.24) is 4.90 Å². The number of ether oxygens (including phenoxy) is 1. The summed E-state index contributed by atoms with van der Waals surface area (Å²) in [6, 6.07) is 5.14. The van der Waals surface area contributed by atoms with Gasteiger partial charge in [0.1, 0.15) is 5.69 Å². The normalized spacial score (nSPS) is 12.6. The Morgan fingerprint density at radius 2 is 2.21 bits per heavy atom. The van der Waals surface area contributed by atoms with Gasteiger partial charge in [0, 0.05) is 25.8 Å². The number of nitro benzene ring substituents is 1. The second kappa shape index (κ2) is 7.06. The van der Waals surface area contributed by atoms with Gasteiger partial charge in [-0.2, -0.15) is 0 Å². The average molecular weight is 267 g/mol. The predicted octanol–water partition coefficient (Wildman–Crippen LogP) is 2.03. The van der Waals surface area contributed by atoms with Gasteiger partial charge < -0.3 is 10.5 Å². The van der Waals surface area contributed by atoms with Gasteiger partial charge in [0.25, 0.3) is 5.69 Å². The van der Waals surface area contributed by atoms with Gasteiger partial charge in [-0.15, -0.1) is 0 Å². The maximum absolute atomic E-state index is 10.9. The van der Waals surface area contributed by atoms with E-state index in [2.05, 4.69) is 11.8 Å². The van der Waals surface area contributed by atoms with Crippen molar-refractivity contribution >= 4 is 11.4 Å². The molecule has 0 fully saturated rings. The van der Waals surface area contributed by atoms with Crippen molar-refractivity contribution in [2.24, 2.45) is 0 Å². The highest BCUT2D eigenvalue weighted by Gasteiger charge is 2.18. The summed E-state index contributed by atoms with van der Waals surface area (Å²) >= 11 is 0. The summed E-state index contributed by atoms with van der Waals surface area (Å²) < 4.78 is 5.14. The van der Waals surface area contributed by atoms with Crippen molar-refractivity contribution in [2.75, 3.05) is 26.0 Å². The summed E-state index contributed by atoms with van der Waals surface area (Å²) in [5, 5.41) is 10.9. The maximum Gasteiger partial charge on any atom is 0.292 e. The number of likely N-dealkylation sites (N-methyl/N-ethyl adjacent to an activating group) is 1. The van der Waals surface area contributed by atoms with Crippen LogP contribution < -0.4 is 5.73 Å². The summed E-state index contributed by atoms with van der Waals surface area (Å²) in [4.78, 5) is 12.6. The van der Waals surface area contributed by atoms with Crippen LogP contribution in [0.15, 0.2) is 18.2 Å². The molecule has 106 valence electrons. The topological polar surface area (TPSA) is 81.6 Å². The van der Waals surface area contributed by atoms with Gasteiger partial charge in [-0.25, -0.2) is 0 Å². The van der Waals surface area contributed by atoms with Gasteiger partial charge in [0.2, 0.25) is 0 Å². The monoisotopic (exact) mass is 267 g/mol. The Morgan fingerprint density at radius 3 is 2.74 bits per heavy atom. The van der Waals surface area contributed by atoms with Crippen LogP contribution in [0.2, 0.25) is 0 Å². The van der Waals surface area contributed by atoms with Crippen molar-refractivity contribution in [3.63, 3.8) is 0 Å². The number of nitrogens with two attached hydrogens (primary N) is 1. The molecule has 0 heterocycles. The number of rotatable bonds is 7. The Kier molecular flexibility index (Phi) is 5.72. The van der Waals surface area contributed by atoms with Crippen LogP contribution in [0.5, 0.6) is 0 Å². The van der Waals surface area contributed by atoms with Crippen LogP contribution >= 0.6 is 0 Å². The fourth-order valence-electron chi connectivity index (χ4n) is 2.04. The minimum Gasteiger partial charge on any atom is -0.393 e. The van der Waals surface area contributed by atoms with Crippen molar-refractivity contribution in [1.29, 1.82) is 0 Å². The molecule has 2 N–H and O–H groups in total. The Morgan fingerprint density at radius 1 is 1.53 bits per heavy atom. The lowest BCUT2D eigenvalue weighted by molar-refractivity contribution is -0.384. The zero-order valence-corrected chi connectivity index (χ0v) is 11.6. The van der Waals surface area contributed by atoms with Crippen LogP contribution in [0.1, 0.15) is 19.4 Å². The second-order valence-corrected chi connectivity index (χ2v) is 4.47. The Balaban J connectivity index is 2.91. The molecule has 0 aromatic heterocycles. The third-order valence-electron chi connectivity index (χ3n) is 3.18. The van der Waals surface area contributed by atoms with E-state index in [1.807, 2.05) is 13.0 Å². The van der Waals surface area contributed by atoms with Crippen LogP contribution in [0.4, 0.5) is 11.4 Å². The van der Waals surface area contributed by atoms with E-state index in [0.717, 1.165) is 12.1 Å². The van der Waals surface area contributed by atoms with E-state index in [1.54, 1.807) is 13.2 Å². The molecule has 1 unspecified atom stereocenters. The smallest absolute Gasteiger partial charge is 0.292 e. The zero-order chi connectivity index (χ0) is 14.4. The van der Waals surface area contributed by atoms with E-state index in [0.29, 0.717) is 13.2 Å². The molecule has 0 aliphatic heterocycles. The molecule has 0 aliphatic rings. The highest BCUT2D eigenvalue weighted by Crippen LogP contribution is 2.26. The first kappa shape index (κ1) is 15.4. The lowest BCUT2D eigenvalue weighted by atomic mass is 10.1. The Labute approximate surface area is 113 Å². The first-order chi connectivity index (χ1) is 9.01. The van der Waals surface area contributed by atoms with Gasteiger partial charge in [0.05, 0.1) is 11.5 Å². The summed E-state index contributed by atoms with van der Waals surface area (Å²) in [7, 11) is 1.66. The number of hydrogen-bond donors (Lipinski definition) is 1. The quantitative estimate of drug-likeness (QED) is 0.464. The summed E-state index contributed by atoms with van der Waals surface area (Å²) in [5.74, 6) is 0. The van der Waals surface area contributed by atoms with Crippen LogP contribution in [0.3, 0.4) is 0 Å². The molecule has 1 aromatic rings. The molecule has 6 heteroatoms. The molecule has 19 heavy (non-hydrogen) atoms. The van der Waals surface area contributed by atoms with Gasteiger partial charge in [-0.05, 0) is 19.0 Å². The molecule has 0 bridgehead atoms. The van der Waals surface area contributed by atoms with E-state index in [4.69, 9.17) is 10.5 Å². The van der Waals surface area contributed by atoms with Crippen molar-refractivity contribution < 1.29 is 9.66 Å². The standard InChI is InChI=1S/C13H21N3O3/c1-4-15(10(2)9-19-3)8-11-6-5-7-12(13(11)14)16(17)18/h5-7,10H,4,8-9,14H2,1-3H3. The maximum atomic E-state index is 10.9. The third-order valence-corrected chi connectivity index (χ3v) is 3.18. The number of benzene rings is 1. The molecule has 1 aromatic carbocycles. The number of nitro groups is 1. The van der Waals surface area contributed by atoms with Gasteiger partial charge >= 0.3 is 0 Å². The fraction of sp³-hybridized carbons (Fsp3) is 0.538. The second-order valence-electron chi connectivity index (χ2n) is 4.47. The first-order valence-corrected chi connectivity index (χ1v) is 6.26. The minimum atomic E-state index is -0.451. The highest BCUT2D eigenvalue weighted by molar-refractivity contribution is 5.62. The number of nitrogen functional groups attached to an aromatic ring is 1. The molecular weight excluding hydrogens is 246 g/mol. The molecule has 0 saturated heterocycles. The van der Waals surface area contributed by atoms with Crippen LogP contribution in [-0.2, 0) is 11.3 Å². The first-order valence-electron chi connectivity index (χ1n) is 6.26. The van der Waals surface area contributed by atoms with Gasteiger partial charge in [0.15, 0.2) is 0 Å². The van der Waals surface area contributed by atoms with Crippen molar-refractivity contribution in [3.8, 4) is 0 Å². The summed E-state index contributed by atoms with van der Waals surface area (Å²) in [6.45, 7) is 6.12. The summed E-state index contributed by atoms with van der Waals surface area (Å²) in [5.41, 5.74) is 6.85. The number of hydrogen-bond acceptors (Lipinski definition) is 5. The minimum absolute atomic E-state index is 0.0343. The molecule has 1 atom stereocenters. The van der Waals surface area contributed by atoms with Crippen LogP contribution in [-0.4, -0.2) is 36.1 Å². The van der Waals surface area contributed by atoms with Crippen LogP contribution in [0.25, 0.3) is 0 Å². The van der Waals surface area contributed by atoms with Gasteiger partial charge in [-0.1, -0.05) is 19.1 Å². The molecule has 0 spiro atoms. The molecule has 0 radical (unpaired) electrons. The zero-order valence-electron chi connectivity index (χ0n) is 11.6. The van der Waals surface area contributed by atoms with Crippen LogP contribution in [0, 0.1) is 10.1 Å². The van der Waals surface area contributed by atoms with Crippen molar-refractivity contribution in [2.45, 2.75) is 26.4 Å². The molecule has 0 aliphatic carbocycles. The Bertz CT molecular complexity index is 437. The lowest BCUT2D eigenvalue weighted by Crippen LogP contribution is -2.35. The number of anilines is 1. The SMILES string of the molecule is CCN(Cc1cccc([N+](=O)[O-])c1N)C(C)COC. The Hall–Kier alpha value is -1.66.